The molecule has 0 aliphatic heterocycles. The Morgan fingerprint density at radius 2 is 2.10 bits per heavy atom. The first-order chi connectivity index (χ1) is 10.0. The van der Waals surface area contributed by atoms with Crippen molar-refractivity contribution in [2.45, 2.75) is 45.1 Å². The van der Waals surface area contributed by atoms with Crippen LogP contribution in [0, 0.1) is 11.8 Å². The lowest BCUT2D eigenvalue weighted by Crippen LogP contribution is -2.55. The largest absolute Gasteiger partial charge is 0.495 e. The fourth-order valence-corrected chi connectivity index (χ4v) is 3.56. The van der Waals surface area contributed by atoms with Crippen LogP contribution < -0.4 is 10.1 Å². The maximum atomic E-state index is 12.1. The number of hydrogen-bond acceptors (Lipinski definition) is 3. The summed E-state index contributed by atoms with van der Waals surface area (Å²) >= 11 is 0. The van der Waals surface area contributed by atoms with Crippen LogP contribution in [0.5, 0.6) is 5.75 Å². The molecule has 0 bridgehead atoms. The van der Waals surface area contributed by atoms with E-state index in [0.29, 0.717) is 18.1 Å². The molecule has 21 heavy (non-hydrogen) atoms. The lowest BCUT2D eigenvalue weighted by Gasteiger charge is -2.44. The first-order valence-electron chi connectivity index (χ1n) is 7.66. The number of carboxylic acid groups (broad SMARTS) is 1. The Morgan fingerprint density at radius 3 is 2.71 bits per heavy atom. The van der Waals surface area contributed by atoms with Gasteiger partial charge in [0, 0.05) is 0 Å². The van der Waals surface area contributed by atoms with E-state index in [0.717, 1.165) is 24.9 Å². The van der Waals surface area contributed by atoms with E-state index in [-0.39, 0.29) is 5.92 Å². The number of ether oxygens (including phenoxy) is 1. The maximum Gasteiger partial charge on any atom is 0.329 e. The van der Waals surface area contributed by atoms with Gasteiger partial charge < -0.3 is 15.2 Å². The minimum absolute atomic E-state index is 0.119. The van der Waals surface area contributed by atoms with Crippen LogP contribution in [0.4, 0.5) is 5.69 Å². The van der Waals surface area contributed by atoms with E-state index in [4.69, 9.17) is 4.74 Å². The van der Waals surface area contributed by atoms with Gasteiger partial charge in [-0.05, 0) is 36.8 Å². The predicted molar refractivity (Wildman–Crippen MR) is 83.8 cm³/mol. The molecule has 1 aliphatic rings. The zero-order valence-corrected chi connectivity index (χ0v) is 13.1. The molecule has 4 nitrogen and oxygen atoms in total. The number of carboxylic acids is 1. The van der Waals surface area contributed by atoms with Crippen molar-refractivity contribution < 1.29 is 14.6 Å². The highest BCUT2D eigenvalue weighted by atomic mass is 16.5. The van der Waals surface area contributed by atoms with Gasteiger partial charge in [-0.15, -0.1) is 0 Å². The zero-order valence-electron chi connectivity index (χ0n) is 13.1. The average Bonchev–Trinajstić information content (AvgIpc) is 2.47. The Balaban J connectivity index is 2.39. The van der Waals surface area contributed by atoms with Gasteiger partial charge in [0.1, 0.15) is 11.3 Å². The lowest BCUT2D eigenvalue weighted by atomic mass is 9.67. The zero-order chi connectivity index (χ0) is 15.5. The third-order valence-corrected chi connectivity index (χ3v) is 4.62. The van der Waals surface area contributed by atoms with Crippen LogP contribution >= 0.6 is 0 Å². The summed E-state index contributed by atoms with van der Waals surface area (Å²) in [5.41, 5.74) is -0.143. The van der Waals surface area contributed by atoms with E-state index in [9.17, 15) is 9.90 Å². The predicted octanol–water partition coefficient (Wildman–Crippen LogP) is 3.78. The molecule has 2 N–H and O–H groups in total. The van der Waals surface area contributed by atoms with E-state index in [1.807, 2.05) is 24.3 Å². The van der Waals surface area contributed by atoms with Gasteiger partial charge in [-0.2, -0.15) is 0 Å². The Bertz CT molecular complexity index is 501. The second-order valence-corrected chi connectivity index (χ2v) is 6.20. The van der Waals surface area contributed by atoms with Crippen molar-refractivity contribution in [2.75, 3.05) is 12.4 Å². The summed E-state index contributed by atoms with van der Waals surface area (Å²) < 4.78 is 5.35. The number of anilines is 1. The van der Waals surface area contributed by atoms with Gasteiger partial charge in [0.2, 0.25) is 0 Å². The van der Waals surface area contributed by atoms with E-state index < -0.39 is 11.5 Å². The quantitative estimate of drug-likeness (QED) is 0.867. The summed E-state index contributed by atoms with van der Waals surface area (Å²) in [6, 6.07) is 7.52. The standard InChI is InChI=1S/C17H25NO3/c1-12(2)13-8-6-7-11-17(13,16(19)20)18-14-9-4-5-10-15(14)21-3/h4-5,9-10,12-13,18H,6-8,11H2,1-3H3,(H,19,20). The van der Waals surface area contributed by atoms with E-state index >= 15 is 0 Å². The third kappa shape index (κ3) is 2.99. The second-order valence-electron chi connectivity index (χ2n) is 6.20. The van der Waals surface area contributed by atoms with Crippen LogP contribution in [0.25, 0.3) is 0 Å². The highest BCUT2D eigenvalue weighted by molar-refractivity contribution is 5.84. The van der Waals surface area contributed by atoms with E-state index in [1.54, 1.807) is 7.11 Å². The molecule has 2 atom stereocenters. The molecule has 116 valence electrons. The molecule has 1 aromatic rings. The average molecular weight is 291 g/mol. The van der Waals surface area contributed by atoms with Gasteiger partial charge >= 0.3 is 5.97 Å². The monoisotopic (exact) mass is 291 g/mol. The smallest absolute Gasteiger partial charge is 0.329 e. The summed E-state index contributed by atoms with van der Waals surface area (Å²) in [6.07, 6.45) is 3.65. The van der Waals surface area contributed by atoms with Gasteiger partial charge in [0.15, 0.2) is 0 Å². The van der Waals surface area contributed by atoms with Gasteiger partial charge in [-0.3, -0.25) is 0 Å². The SMILES string of the molecule is COc1ccccc1NC1(C(=O)O)CCCCC1C(C)C. The lowest BCUT2D eigenvalue weighted by molar-refractivity contribution is -0.146. The molecule has 1 aromatic carbocycles. The molecule has 0 heterocycles. The summed E-state index contributed by atoms with van der Waals surface area (Å²) in [6.45, 7) is 4.22. The first kappa shape index (κ1) is 15.7. The second kappa shape index (κ2) is 6.37. The van der Waals surface area contributed by atoms with Crippen molar-refractivity contribution in [1.29, 1.82) is 0 Å². The van der Waals surface area contributed by atoms with Crippen LogP contribution in [0.1, 0.15) is 39.5 Å². The van der Waals surface area contributed by atoms with Crippen LogP contribution in [-0.4, -0.2) is 23.7 Å². The molecule has 0 saturated heterocycles. The minimum Gasteiger partial charge on any atom is -0.495 e. The molecule has 0 amide bonds. The summed E-state index contributed by atoms with van der Waals surface area (Å²) in [5.74, 6) is 0.371. The summed E-state index contributed by atoms with van der Waals surface area (Å²) in [7, 11) is 1.61. The van der Waals surface area contributed by atoms with Crippen molar-refractivity contribution in [1.82, 2.24) is 0 Å². The molecule has 0 radical (unpaired) electrons. The van der Waals surface area contributed by atoms with Crippen molar-refractivity contribution in [3.05, 3.63) is 24.3 Å². The summed E-state index contributed by atoms with van der Waals surface area (Å²) in [4.78, 5) is 12.1. The molecular weight excluding hydrogens is 266 g/mol. The highest BCUT2D eigenvalue weighted by Crippen LogP contribution is 2.42. The number of para-hydroxylation sites is 2. The molecule has 1 aliphatic carbocycles. The Labute approximate surface area is 126 Å². The number of aliphatic carboxylic acids is 1. The molecule has 4 heteroatoms. The Kier molecular flexibility index (Phi) is 4.76. The number of carbonyl (C=O) groups is 1. The van der Waals surface area contributed by atoms with Gasteiger partial charge in [-0.1, -0.05) is 38.8 Å². The minimum atomic E-state index is -0.902. The highest BCUT2D eigenvalue weighted by Gasteiger charge is 2.48. The van der Waals surface area contributed by atoms with Crippen LogP contribution in [0.2, 0.25) is 0 Å². The van der Waals surface area contributed by atoms with Crippen molar-refractivity contribution in [3.63, 3.8) is 0 Å². The van der Waals surface area contributed by atoms with Crippen LogP contribution in [0.15, 0.2) is 24.3 Å². The van der Waals surface area contributed by atoms with E-state index in [2.05, 4.69) is 19.2 Å². The Morgan fingerprint density at radius 1 is 1.38 bits per heavy atom. The van der Waals surface area contributed by atoms with E-state index in [1.165, 1.54) is 0 Å². The fraction of sp³-hybridized carbons (Fsp3) is 0.588. The van der Waals surface area contributed by atoms with Crippen molar-refractivity contribution >= 4 is 11.7 Å². The van der Waals surface area contributed by atoms with Gasteiger partial charge in [0.05, 0.1) is 12.8 Å². The number of rotatable bonds is 5. The third-order valence-electron chi connectivity index (χ3n) is 4.62. The molecule has 2 rings (SSSR count). The number of hydrogen-bond donors (Lipinski definition) is 2. The number of nitrogens with one attached hydrogen (secondary N) is 1. The molecule has 0 spiro atoms. The fourth-order valence-electron chi connectivity index (χ4n) is 3.56. The topological polar surface area (TPSA) is 58.6 Å². The van der Waals surface area contributed by atoms with Crippen LogP contribution in [0.3, 0.4) is 0 Å². The maximum absolute atomic E-state index is 12.1. The first-order valence-corrected chi connectivity index (χ1v) is 7.66. The van der Waals surface area contributed by atoms with Crippen molar-refractivity contribution in [3.8, 4) is 5.75 Å². The molecule has 0 aromatic heterocycles. The van der Waals surface area contributed by atoms with Crippen LogP contribution in [-0.2, 0) is 4.79 Å². The van der Waals surface area contributed by atoms with Gasteiger partial charge in [-0.25, -0.2) is 4.79 Å². The number of methoxy groups -OCH3 is 1. The molecule has 2 unspecified atom stereocenters. The normalized spacial score (nSPS) is 25.6. The number of benzene rings is 1. The molecular formula is C17H25NO3. The Hall–Kier alpha value is -1.71. The summed E-state index contributed by atoms with van der Waals surface area (Å²) in [5, 5.41) is 13.2. The molecule has 1 saturated carbocycles. The van der Waals surface area contributed by atoms with Crippen molar-refractivity contribution in [2.24, 2.45) is 11.8 Å². The van der Waals surface area contributed by atoms with Gasteiger partial charge in [0.25, 0.3) is 0 Å². The molecule has 1 fully saturated rings.